The number of carbonyl (C=O) groups is 1. The van der Waals surface area contributed by atoms with Crippen LogP contribution in [0.4, 0.5) is 5.69 Å². The largest absolute Gasteiger partial charge is 0.463 e. The molecule has 24 heavy (non-hydrogen) atoms. The first-order valence-electron chi connectivity index (χ1n) is 7.19. The lowest BCUT2D eigenvalue weighted by Gasteiger charge is -2.10. The summed E-state index contributed by atoms with van der Waals surface area (Å²) in [5.41, 5.74) is 1.75. The number of amides is 1. The molecule has 0 unspecified atom stereocenters. The van der Waals surface area contributed by atoms with Crippen molar-refractivity contribution in [1.82, 2.24) is 9.55 Å². The Morgan fingerprint density at radius 3 is 2.83 bits per heavy atom. The number of halogens is 1. The molecule has 2 aromatic heterocycles. The number of hydrogen-bond donors (Lipinski definition) is 1. The summed E-state index contributed by atoms with van der Waals surface area (Å²) in [6.45, 7) is 1.78. The topological polar surface area (TPSA) is 77.1 Å². The van der Waals surface area contributed by atoms with Gasteiger partial charge in [-0.15, -0.1) is 0 Å². The molecule has 1 N–H and O–H groups in total. The predicted molar refractivity (Wildman–Crippen MR) is 93.7 cm³/mol. The molecule has 0 aliphatic heterocycles. The van der Waals surface area contributed by atoms with Gasteiger partial charge in [-0.3, -0.25) is 14.2 Å². The minimum absolute atomic E-state index is 0.111. The van der Waals surface area contributed by atoms with Crippen molar-refractivity contribution in [3.63, 3.8) is 0 Å². The number of nitrogens with zero attached hydrogens (tertiary/aromatic N) is 2. The van der Waals surface area contributed by atoms with Crippen molar-refractivity contribution in [1.29, 1.82) is 0 Å². The van der Waals surface area contributed by atoms with Gasteiger partial charge >= 0.3 is 0 Å². The highest BCUT2D eigenvalue weighted by molar-refractivity contribution is 9.10. The van der Waals surface area contributed by atoms with E-state index in [0.29, 0.717) is 17.1 Å². The van der Waals surface area contributed by atoms with Gasteiger partial charge in [0, 0.05) is 16.2 Å². The number of furan rings is 1. The van der Waals surface area contributed by atoms with E-state index < -0.39 is 0 Å². The van der Waals surface area contributed by atoms with Crippen LogP contribution in [-0.2, 0) is 11.3 Å². The number of nitrogens with one attached hydrogen (secondary N) is 1. The minimum Gasteiger partial charge on any atom is -0.463 e. The molecule has 0 bridgehead atoms. The number of aromatic nitrogens is 2. The summed E-state index contributed by atoms with van der Waals surface area (Å²) >= 11 is 3.37. The van der Waals surface area contributed by atoms with E-state index in [1.807, 2.05) is 19.1 Å². The van der Waals surface area contributed by atoms with Gasteiger partial charge in [0.15, 0.2) is 5.76 Å². The molecule has 1 amide bonds. The average molecular weight is 388 g/mol. The van der Waals surface area contributed by atoms with Crippen LogP contribution in [0, 0.1) is 6.92 Å². The molecule has 1 aromatic carbocycles. The average Bonchev–Trinajstić information content (AvgIpc) is 3.06. The maximum absolute atomic E-state index is 12.2. The fourth-order valence-corrected chi connectivity index (χ4v) is 2.69. The number of anilines is 1. The second-order valence-corrected chi connectivity index (χ2v) is 6.14. The first-order chi connectivity index (χ1) is 11.5. The van der Waals surface area contributed by atoms with E-state index in [0.717, 1.165) is 10.0 Å². The van der Waals surface area contributed by atoms with Gasteiger partial charge in [0.2, 0.25) is 5.91 Å². The Labute approximate surface area is 146 Å². The SMILES string of the molecule is Cc1cc(Br)ccc1NC(=O)Cn1cnc(-c2ccco2)cc1=O. The fourth-order valence-electron chi connectivity index (χ4n) is 2.22. The van der Waals surface area contributed by atoms with E-state index in [9.17, 15) is 9.59 Å². The highest BCUT2D eigenvalue weighted by Crippen LogP contribution is 2.20. The molecule has 3 rings (SSSR count). The van der Waals surface area contributed by atoms with Crippen LogP contribution in [0.15, 0.2) is 62.7 Å². The standard InChI is InChI=1S/C17H14BrN3O3/c1-11-7-12(18)4-5-13(11)20-16(22)9-21-10-19-14(8-17(21)23)15-3-2-6-24-15/h2-8,10H,9H2,1H3,(H,20,22). The Hall–Kier alpha value is -2.67. The summed E-state index contributed by atoms with van der Waals surface area (Å²) in [6.07, 6.45) is 2.85. The van der Waals surface area contributed by atoms with E-state index in [-0.39, 0.29) is 18.0 Å². The molecule has 0 spiro atoms. The van der Waals surface area contributed by atoms with Gasteiger partial charge in [0.25, 0.3) is 5.56 Å². The van der Waals surface area contributed by atoms with E-state index in [2.05, 4.69) is 26.2 Å². The zero-order chi connectivity index (χ0) is 17.1. The molecule has 0 fully saturated rings. The summed E-state index contributed by atoms with van der Waals surface area (Å²) in [5.74, 6) is 0.212. The molecule has 0 saturated carbocycles. The first kappa shape index (κ1) is 16.2. The second kappa shape index (κ2) is 6.84. The van der Waals surface area contributed by atoms with Crippen molar-refractivity contribution in [3.8, 4) is 11.5 Å². The highest BCUT2D eigenvalue weighted by atomic mass is 79.9. The summed E-state index contributed by atoms with van der Waals surface area (Å²) < 4.78 is 7.39. The van der Waals surface area contributed by atoms with Gasteiger partial charge in [0.05, 0.1) is 12.6 Å². The number of carbonyl (C=O) groups excluding carboxylic acids is 1. The molecule has 0 aliphatic carbocycles. The van der Waals surface area contributed by atoms with Crippen LogP contribution in [0.3, 0.4) is 0 Å². The van der Waals surface area contributed by atoms with Crippen LogP contribution in [0.25, 0.3) is 11.5 Å². The van der Waals surface area contributed by atoms with Crippen LogP contribution in [0.5, 0.6) is 0 Å². The highest BCUT2D eigenvalue weighted by Gasteiger charge is 2.09. The predicted octanol–water partition coefficient (Wildman–Crippen LogP) is 3.21. The summed E-state index contributed by atoms with van der Waals surface area (Å²) in [7, 11) is 0. The molecule has 7 heteroatoms. The van der Waals surface area contributed by atoms with Gasteiger partial charge in [-0.25, -0.2) is 4.98 Å². The normalized spacial score (nSPS) is 10.6. The van der Waals surface area contributed by atoms with Gasteiger partial charge < -0.3 is 9.73 Å². The van der Waals surface area contributed by atoms with Crippen molar-refractivity contribution in [2.75, 3.05) is 5.32 Å². The Bertz CT molecular complexity index is 933. The Morgan fingerprint density at radius 1 is 1.33 bits per heavy atom. The smallest absolute Gasteiger partial charge is 0.254 e. The Kier molecular flexibility index (Phi) is 4.61. The third kappa shape index (κ3) is 3.62. The van der Waals surface area contributed by atoms with Crippen molar-refractivity contribution in [3.05, 3.63) is 69.4 Å². The maximum Gasteiger partial charge on any atom is 0.254 e. The van der Waals surface area contributed by atoms with Crippen LogP contribution in [0.1, 0.15) is 5.56 Å². The number of benzene rings is 1. The number of hydrogen-bond acceptors (Lipinski definition) is 4. The van der Waals surface area contributed by atoms with Gasteiger partial charge in [-0.1, -0.05) is 15.9 Å². The first-order valence-corrected chi connectivity index (χ1v) is 7.98. The van der Waals surface area contributed by atoms with Crippen molar-refractivity contribution < 1.29 is 9.21 Å². The third-order valence-electron chi connectivity index (χ3n) is 3.43. The quantitative estimate of drug-likeness (QED) is 0.745. The molecule has 0 saturated heterocycles. The monoisotopic (exact) mass is 387 g/mol. The van der Waals surface area contributed by atoms with Gasteiger partial charge in [-0.05, 0) is 42.8 Å². The summed E-state index contributed by atoms with van der Waals surface area (Å²) in [4.78, 5) is 28.4. The zero-order valence-electron chi connectivity index (χ0n) is 12.8. The van der Waals surface area contributed by atoms with Crippen LogP contribution in [-0.4, -0.2) is 15.5 Å². The lowest BCUT2D eigenvalue weighted by Crippen LogP contribution is -2.27. The van der Waals surface area contributed by atoms with Gasteiger partial charge in [0.1, 0.15) is 12.2 Å². The van der Waals surface area contributed by atoms with E-state index in [4.69, 9.17) is 4.42 Å². The molecule has 3 aromatic rings. The van der Waals surface area contributed by atoms with Crippen molar-refractivity contribution >= 4 is 27.5 Å². The minimum atomic E-state index is -0.320. The van der Waals surface area contributed by atoms with Gasteiger partial charge in [-0.2, -0.15) is 0 Å². The lowest BCUT2D eigenvalue weighted by atomic mass is 10.2. The van der Waals surface area contributed by atoms with Crippen molar-refractivity contribution in [2.45, 2.75) is 13.5 Å². The van der Waals surface area contributed by atoms with Crippen molar-refractivity contribution in [2.24, 2.45) is 0 Å². The lowest BCUT2D eigenvalue weighted by molar-refractivity contribution is -0.116. The van der Waals surface area contributed by atoms with E-state index >= 15 is 0 Å². The zero-order valence-corrected chi connectivity index (χ0v) is 14.4. The van der Waals surface area contributed by atoms with Crippen LogP contribution < -0.4 is 10.9 Å². The molecule has 6 nitrogen and oxygen atoms in total. The molecule has 0 atom stereocenters. The Morgan fingerprint density at radius 2 is 2.17 bits per heavy atom. The molecule has 0 aliphatic rings. The maximum atomic E-state index is 12.2. The number of aryl methyl sites for hydroxylation is 1. The van der Waals surface area contributed by atoms with Crippen LogP contribution >= 0.6 is 15.9 Å². The molecule has 122 valence electrons. The molecule has 0 radical (unpaired) electrons. The number of rotatable bonds is 4. The second-order valence-electron chi connectivity index (χ2n) is 5.23. The van der Waals surface area contributed by atoms with Crippen LogP contribution in [0.2, 0.25) is 0 Å². The summed E-state index contributed by atoms with van der Waals surface area (Å²) in [6, 6.07) is 10.3. The molecule has 2 heterocycles. The third-order valence-corrected chi connectivity index (χ3v) is 3.92. The Balaban J connectivity index is 1.74. The molecular formula is C17H14BrN3O3. The molecular weight excluding hydrogens is 374 g/mol. The van der Waals surface area contributed by atoms with E-state index in [1.165, 1.54) is 23.2 Å². The summed E-state index contributed by atoms with van der Waals surface area (Å²) in [5, 5.41) is 2.79. The fraction of sp³-hybridized carbons (Fsp3) is 0.118. The van der Waals surface area contributed by atoms with E-state index in [1.54, 1.807) is 18.2 Å².